The van der Waals surface area contributed by atoms with Crippen LogP contribution in [0.4, 0.5) is 0 Å². The lowest BCUT2D eigenvalue weighted by Crippen LogP contribution is -2.38. The number of nitrogens with zero attached hydrogens (tertiary/aromatic N) is 3. The normalized spacial score (nSPS) is 11.7. The first-order chi connectivity index (χ1) is 14.7. The van der Waals surface area contributed by atoms with Crippen molar-refractivity contribution in [2.75, 3.05) is 0 Å². The maximum atomic E-state index is 5.12. The number of fused-ring (bicyclic) bond motifs is 1. The molecule has 3 nitrogen and oxygen atoms in total. The van der Waals surface area contributed by atoms with Gasteiger partial charge in [0, 0.05) is 11.9 Å². The molecule has 0 saturated heterocycles. The van der Waals surface area contributed by atoms with Crippen molar-refractivity contribution in [3.63, 3.8) is 0 Å². The Morgan fingerprint density at radius 3 is 1.63 bits per heavy atom. The molecule has 0 atom stereocenters. The fraction of sp³-hybridized carbons (Fsp3) is 0.0769. The molecule has 3 aromatic carbocycles. The third-order valence-corrected chi connectivity index (χ3v) is 6.39. The highest BCUT2D eigenvalue weighted by Crippen LogP contribution is 2.42. The summed E-state index contributed by atoms with van der Waals surface area (Å²) in [5.41, 5.74) is 4.95. The van der Waals surface area contributed by atoms with Gasteiger partial charge in [0.2, 0.25) is 0 Å². The van der Waals surface area contributed by atoms with Gasteiger partial charge in [0.05, 0.1) is 10.9 Å². The van der Waals surface area contributed by atoms with E-state index in [0.29, 0.717) is 0 Å². The number of halogens is 1. The molecule has 0 aliphatic heterocycles. The zero-order chi connectivity index (χ0) is 20.6. The van der Waals surface area contributed by atoms with Crippen LogP contribution in [-0.2, 0) is 5.54 Å². The van der Waals surface area contributed by atoms with E-state index in [4.69, 9.17) is 5.10 Å². The van der Waals surface area contributed by atoms with Gasteiger partial charge in [0.25, 0.3) is 0 Å². The van der Waals surface area contributed by atoms with Crippen LogP contribution in [0, 0.1) is 10.6 Å². The van der Waals surface area contributed by atoms with E-state index in [0.717, 1.165) is 37.0 Å². The Balaban J connectivity index is 2.00. The van der Waals surface area contributed by atoms with E-state index < -0.39 is 5.54 Å². The van der Waals surface area contributed by atoms with Gasteiger partial charge in [-0.05, 0) is 52.3 Å². The Labute approximate surface area is 189 Å². The van der Waals surface area contributed by atoms with Crippen LogP contribution in [0.25, 0.3) is 10.9 Å². The van der Waals surface area contributed by atoms with Crippen molar-refractivity contribution in [3.05, 3.63) is 129 Å². The molecule has 0 saturated carbocycles. The number of aromatic nitrogens is 3. The number of hydrogen-bond donors (Lipinski definition) is 0. The van der Waals surface area contributed by atoms with Crippen molar-refractivity contribution >= 4 is 33.5 Å². The van der Waals surface area contributed by atoms with Crippen molar-refractivity contribution in [2.24, 2.45) is 0 Å². The van der Waals surface area contributed by atoms with Gasteiger partial charge in [-0.3, -0.25) is 4.98 Å². The predicted octanol–water partition coefficient (Wildman–Crippen LogP) is 6.18. The summed E-state index contributed by atoms with van der Waals surface area (Å²) < 4.78 is 3.14. The van der Waals surface area contributed by atoms with Crippen LogP contribution in [0.1, 0.15) is 22.4 Å². The Bertz CT molecular complexity index is 1200. The zero-order valence-electron chi connectivity index (χ0n) is 16.5. The van der Waals surface area contributed by atoms with Gasteiger partial charge >= 0.3 is 0 Å². The molecule has 0 bridgehead atoms. The van der Waals surface area contributed by atoms with Crippen molar-refractivity contribution in [3.8, 4) is 0 Å². The van der Waals surface area contributed by atoms with Crippen molar-refractivity contribution in [1.82, 2.24) is 14.8 Å². The Kier molecular flexibility index (Phi) is 4.87. The smallest absolute Gasteiger partial charge is 0.138 e. The van der Waals surface area contributed by atoms with Crippen LogP contribution >= 0.6 is 22.6 Å². The third-order valence-electron chi connectivity index (χ3n) is 5.63. The molecule has 0 aliphatic carbocycles. The lowest BCUT2D eigenvalue weighted by molar-refractivity contribution is 0.473. The van der Waals surface area contributed by atoms with E-state index in [1.54, 1.807) is 0 Å². The maximum Gasteiger partial charge on any atom is 0.138 e. The number of aryl methyl sites for hydroxylation is 1. The molecule has 2 aromatic heterocycles. The molecule has 5 aromatic rings. The van der Waals surface area contributed by atoms with Crippen LogP contribution in [-0.4, -0.2) is 14.8 Å². The Hall–Kier alpha value is -2.99. The first-order valence-corrected chi connectivity index (χ1v) is 11.0. The number of hydrogen-bond acceptors (Lipinski definition) is 2. The molecule has 0 spiro atoms. The van der Waals surface area contributed by atoms with Gasteiger partial charge in [-0.25, -0.2) is 4.68 Å². The molecular weight excluding hydrogens is 481 g/mol. The van der Waals surface area contributed by atoms with Crippen LogP contribution in [0.5, 0.6) is 0 Å². The second-order valence-electron chi connectivity index (χ2n) is 7.30. The zero-order valence-corrected chi connectivity index (χ0v) is 18.7. The molecule has 0 radical (unpaired) electrons. The van der Waals surface area contributed by atoms with Crippen LogP contribution in [0.3, 0.4) is 0 Å². The van der Waals surface area contributed by atoms with Gasteiger partial charge in [0.1, 0.15) is 9.24 Å². The number of pyridine rings is 1. The monoisotopic (exact) mass is 501 g/mol. The quantitative estimate of drug-likeness (QED) is 0.217. The highest BCUT2D eigenvalue weighted by molar-refractivity contribution is 14.1. The molecule has 30 heavy (non-hydrogen) atoms. The highest BCUT2D eigenvalue weighted by Gasteiger charge is 2.40. The first-order valence-electron chi connectivity index (χ1n) is 9.90. The molecule has 0 N–H and O–H groups in total. The summed E-state index contributed by atoms with van der Waals surface area (Å²) in [5.74, 6) is 0. The summed E-state index contributed by atoms with van der Waals surface area (Å²) in [6.07, 6.45) is 1.87. The van der Waals surface area contributed by atoms with Gasteiger partial charge in [-0.2, -0.15) is 5.10 Å². The summed E-state index contributed by atoms with van der Waals surface area (Å²) in [7, 11) is 0. The van der Waals surface area contributed by atoms with E-state index in [2.05, 4.69) is 129 Å². The van der Waals surface area contributed by atoms with Gasteiger partial charge in [-0.15, -0.1) is 0 Å². The fourth-order valence-electron chi connectivity index (χ4n) is 4.34. The summed E-state index contributed by atoms with van der Waals surface area (Å²) in [5, 5.41) is 6.22. The molecule has 0 aliphatic rings. The van der Waals surface area contributed by atoms with Crippen LogP contribution in [0.15, 0.2) is 103 Å². The minimum atomic E-state index is -0.612. The summed E-state index contributed by atoms with van der Waals surface area (Å²) in [6, 6.07) is 34.0. The summed E-state index contributed by atoms with van der Waals surface area (Å²) in [4.78, 5) is 4.52. The highest BCUT2D eigenvalue weighted by atomic mass is 127. The molecule has 0 fully saturated rings. The Morgan fingerprint density at radius 2 is 1.17 bits per heavy atom. The van der Waals surface area contributed by atoms with Gasteiger partial charge in [0.15, 0.2) is 0 Å². The fourth-order valence-corrected chi connectivity index (χ4v) is 5.22. The lowest BCUT2D eigenvalue weighted by atomic mass is 9.77. The molecular formula is C26H20IN3. The number of rotatable bonds is 4. The molecule has 0 unspecified atom stereocenters. The van der Waals surface area contributed by atoms with E-state index in [-0.39, 0.29) is 0 Å². The second-order valence-corrected chi connectivity index (χ2v) is 8.32. The van der Waals surface area contributed by atoms with E-state index in [1.165, 1.54) is 0 Å². The molecule has 4 heteroatoms. The molecule has 2 heterocycles. The topological polar surface area (TPSA) is 30.7 Å². The molecule has 0 amide bonds. The molecule has 5 rings (SSSR count). The van der Waals surface area contributed by atoms with Crippen LogP contribution < -0.4 is 0 Å². The largest absolute Gasteiger partial charge is 0.261 e. The average Bonchev–Trinajstić information content (AvgIpc) is 3.15. The van der Waals surface area contributed by atoms with Gasteiger partial charge in [-0.1, -0.05) is 91.0 Å². The van der Waals surface area contributed by atoms with Crippen molar-refractivity contribution in [1.29, 1.82) is 0 Å². The van der Waals surface area contributed by atoms with E-state index in [9.17, 15) is 0 Å². The summed E-state index contributed by atoms with van der Waals surface area (Å²) in [6.45, 7) is 2.05. The third kappa shape index (κ3) is 2.86. The number of benzene rings is 3. The van der Waals surface area contributed by atoms with E-state index in [1.807, 2.05) is 13.1 Å². The van der Waals surface area contributed by atoms with Gasteiger partial charge < -0.3 is 0 Å². The minimum absolute atomic E-state index is 0.612. The lowest BCUT2D eigenvalue weighted by Gasteiger charge is -2.37. The van der Waals surface area contributed by atoms with Crippen LogP contribution in [0.2, 0.25) is 0 Å². The first kappa shape index (κ1) is 19.0. The predicted molar refractivity (Wildman–Crippen MR) is 130 cm³/mol. The minimum Gasteiger partial charge on any atom is -0.261 e. The van der Waals surface area contributed by atoms with Crippen molar-refractivity contribution < 1.29 is 0 Å². The SMILES string of the molecule is Cc1nccc2c1c(I)nn2C(c1ccccc1)(c1ccccc1)c1ccccc1. The van der Waals surface area contributed by atoms with E-state index >= 15 is 0 Å². The second kappa shape index (κ2) is 7.69. The average molecular weight is 501 g/mol. The maximum absolute atomic E-state index is 5.12. The summed E-state index contributed by atoms with van der Waals surface area (Å²) >= 11 is 2.33. The van der Waals surface area contributed by atoms with Crippen molar-refractivity contribution in [2.45, 2.75) is 12.5 Å². The molecule has 146 valence electrons. The standard InChI is InChI=1S/C26H20IN3/c1-19-24-23(17-18-28-19)30(29-25(24)27)26(20-11-5-2-6-12-20,21-13-7-3-8-14-21)22-15-9-4-10-16-22/h2-18H,1H3. The Morgan fingerprint density at radius 1 is 0.700 bits per heavy atom.